The molecular weight excluding hydrogens is 288 g/mol. The summed E-state index contributed by atoms with van der Waals surface area (Å²) in [6.45, 7) is 2.14. The summed E-state index contributed by atoms with van der Waals surface area (Å²) in [5.74, 6) is 0.820. The monoisotopic (exact) mass is 300 g/mol. The largest absolute Gasteiger partial charge is 0.447 e. The summed E-state index contributed by atoms with van der Waals surface area (Å²) in [6, 6.07) is 4.25. The molecule has 0 aliphatic rings. The van der Waals surface area contributed by atoms with Gasteiger partial charge in [0.15, 0.2) is 15.4 Å². The molecule has 2 rings (SSSR count). The zero-order valence-corrected chi connectivity index (χ0v) is 11.6. The predicted octanol–water partition coefficient (Wildman–Crippen LogP) is 3.32. The van der Waals surface area contributed by atoms with Crippen molar-refractivity contribution in [2.75, 3.05) is 7.05 Å². The van der Waals surface area contributed by atoms with Crippen molar-refractivity contribution in [1.82, 2.24) is 10.3 Å². The summed E-state index contributed by atoms with van der Waals surface area (Å²) in [5, 5.41) is 6.22. The molecule has 0 fully saturated rings. The van der Waals surface area contributed by atoms with Gasteiger partial charge in [0.2, 0.25) is 0 Å². The SMILES string of the molecule is CNC(C)Cc1csc(-c2ccc(Br)o2)n1. The second kappa shape index (κ2) is 5.12. The molecule has 3 nitrogen and oxygen atoms in total. The first-order valence-electron chi connectivity index (χ1n) is 5.06. The fourth-order valence-corrected chi connectivity index (χ4v) is 2.46. The normalized spacial score (nSPS) is 12.9. The van der Waals surface area contributed by atoms with Gasteiger partial charge in [-0.2, -0.15) is 0 Å². The molecule has 86 valence electrons. The lowest BCUT2D eigenvalue weighted by atomic mass is 10.2. The van der Waals surface area contributed by atoms with Gasteiger partial charge in [0.25, 0.3) is 0 Å². The Kier molecular flexibility index (Phi) is 3.78. The van der Waals surface area contributed by atoms with Crippen LogP contribution in [0.25, 0.3) is 10.8 Å². The molecule has 2 aromatic rings. The molecule has 0 spiro atoms. The van der Waals surface area contributed by atoms with Gasteiger partial charge in [0.05, 0.1) is 5.69 Å². The highest BCUT2D eigenvalue weighted by Crippen LogP contribution is 2.27. The van der Waals surface area contributed by atoms with E-state index >= 15 is 0 Å². The average Bonchev–Trinajstić information content (AvgIpc) is 2.87. The van der Waals surface area contributed by atoms with E-state index in [1.54, 1.807) is 11.3 Å². The first kappa shape index (κ1) is 11.8. The van der Waals surface area contributed by atoms with Gasteiger partial charge >= 0.3 is 0 Å². The Hall–Kier alpha value is -0.650. The highest BCUT2D eigenvalue weighted by molar-refractivity contribution is 9.10. The molecule has 2 heterocycles. The van der Waals surface area contributed by atoms with Crippen LogP contribution in [-0.4, -0.2) is 18.1 Å². The summed E-state index contributed by atoms with van der Waals surface area (Å²) >= 11 is 4.90. The molecule has 1 N–H and O–H groups in total. The Morgan fingerprint density at radius 1 is 1.56 bits per heavy atom. The van der Waals surface area contributed by atoms with Crippen molar-refractivity contribution < 1.29 is 4.42 Å². The summed E-state index contributed by atoms with van der Waals surface area (Å²) in [5.41, 5.74) is 1.11. The number of rotatable bonds is 4. The van der Waals surface area contributed by atoms with Gasteiger partial charge in [-0.1, -0.05) is 0 Å². The zero-order valence-electron chi connectivity index (χ0n) is 9.16. The predicted molar refractivity (Wildman–Crippen MR) is 69.7 cm³/mol. The summed E-state index contributed by atoms with van der Waals surface area (Å²) < 4.78 is 6.20. The minimum absolute atomic E-state index is 0.443. The van der Waals surface area contributed by atoms with Crippen LogP contribution in [0.4, 0.5) is 0 Å². The van der Waals surface area contributed by atoms with E-state index in [0.29, 0.717) is 6.04 Å². The number of thiazole rings is 1. The Bertz CT molecular complexity index is 466. The van der Waals surface area contributed by atoms with Crippen LogP contribution in [0.3, 0.4) is 0 Å². The van der Waals surface area contributed by atoms with Gasteiger partial charge in [-0.05, 0) is 42.0 Å². The number of hydrogen-bond donors (Lipinski definition) is 1. The molecule has 0 saturated heterocycles. The molecule has 1 unspecified atom stereocenters. The van der Waals surface area contributed by atoms with Crippen molar-refractivity contribution >= 4 is 27.3 Å². The number of aromatic nitrogens is 1. The van der Waals surface area contributed by atoms with Crippen molar-refractivity contribution in [3.8, 4) is 10.8 Å². The molecule has 0 amide bonds. The molecular formula is C11H13BrN2OS. The van der Waals surface area contributed by atoms with Crippen LogP contribution in [0.2, 0.25) is 0 Å². The maximum atomic E-state index is 5.46. The molecule has 0 aromatic carbocycles. The third-order valence-electron chi connectivity index (χ3n) is 2.34. The van der Waals surface area contributed by atoms with E-state index in [4.69, 9.17) is 4.42 Å². The van der Waals surface area contributed by atoms with E-state index < -0.39 is 0 Å². The number of furan rings is 1. The minimum atomic E-state index is 0.443. The summed E-state index contributed by atoms with van der Waals surface area (Å²) in [7, 11) is 1.96. The van der Waals surface area contributed by atoms with Crippen molar-refractivity contribution in [3.63, 3.8) is 0 Å². The molecule has 16 heavy (non-hydrogen) atoms. The van der Waals surface area contributed by atoms with Crippen LogP contribution < -0.4 is 5.32 Å². The van der Waals surface area contributed by atoms with Crippen LogP contribution in [0, 0.1) is 0 Å². The minimum Gasteiger partial charge on any atom is -0.447 e. The van der Waals surface area contributed by atoms with Crippen LogP contribution in [0.1, 0.15) is 12.6 Å². The second-order valence-electron chi connectivity index (χ2n) is 3.64. The van der Waals surface area contributed by atoms with E-state index in [1.165, 1.54) is 0 Å². The van der Waals surface area contributed by atoms with Gasteiger partial charge < -0.3 is 9.73 Å². The third-order valence-corrected chi connectivity index (χ3v) is 3.68. The molecule has 2 aromatic heterocycles. The quantitative estimate of drug-likeness (QED) is 0.941. The highest BCUT2D eigenvalue weighted by atomic mass is 79.9. The van der Waals surface area contributed by atoms with Crippen molar-refractivity contribution in [2.45, 2.75) is 19.4 Å². The Morgan fingerprint density at radius 2 is 2.38 bits per heavy atom. The van der Waals surface area contributed by atoms with E-state index in [0.717, 1.165) is 27.6 Å². The van der Waals surface area contributed by atoms with Crippen LogP contribution >= 0.6 is 27.3 Å². The maximum Gasteiger partial charge on any atom is 0.170 e. The smallest absolute Gasteiger partial charge is 0.170 e. The molecule has 0 saturated carbocycles. The first-order chi connectivity index (χ1) is 7.69. The Labute approximate surface area is 107 Å². The van der Waals surface area contributed by atoms with Gasteiger partial charge in [-0.15, -0.1) is 11.3 Å². The first-order valence-corrected chi connectivity index (χ1v) is 6.73. The van der Waals surface area contributed by atoms with Crippen molar-refractivity contribution in [3.05, 3.63) is 27.9 Å². The third kappa shape index (κ3) is 2.72. The van der Waals surface area contributed by atoms with Crippen LogP contribution in [0.5, 0.6) is 0 Å². The molecule has 1 atom stereocenters. The molecule has 0 bridgehead atoms. The fourth-order valence-electron chi connectivity index (χ4n) is 1.36. The number of likely N-dealkylation sites (N-methyl/N-ethyl adjacent to an activating group) is 1. The lowest BCUT2D eigenvalue weighted by molar-refractivity contribution is 0.554. The van der Waals surface area contributed by atoms with Gasteiger partial charge in [0.1, 0.15) is 0 Å². The van der Waals surface area contributed by atoms with Gasteiger partial charge in [-0.25, -0.2) is 4.98 Å². The topological polar surface area (TPSA) is 38.1 Å². The summed E-state index contributed by atoms with van der Waals surface area (Å²) in [6.07, 6.45) is 0.939. The van der Waals surface area contributed by atoms with Crippen LogP contribution in [-0.2, 0) is 6.42 Å². The Balaban J connectivity index is 2.13. The van der Waals surface area contributed by atoms with Gasteiger partial charge in [-0.3, -0.25) is 0 Å². The maximum absolute atomic E-state index is 5.46. The standard InChI is InChI=1S/C11H13BrN2OS/c1-7(13-2)5-8-6-16-11(14-8)9-3-4-10(12)15-9/h3-4,6-7,13H,5H2,1-2H3. The molecule has 0 aliphatic heterocycles. The lowest BCUT2D eigenvalue weighted by Gasteiger charge is -2.06. The number of nitrogens with one attached hydrogen (secondary N) is 1. The Morgan fingerprint density at radius 3 is 3.00 bits per heavy atom. The highest BCUT2D eigenvalue weighted by Gasteiger charge is 2.10. The molecule has 5 heteroatoms. The lowest BCUT2D eigenvalue weighted by Crippen LogP contribution is -2.23. The van der Waals surface area contributed by atoms with E-state index in [-0.39, 0.29) is 0 Å². The second-order valence-corrected chi connectivity index (χ2v) is 5.28. The fraction of sp³-hybridized carbons (Fsp3) is 0.364. The van der Waals surface area contributed by atoms with E-state index in [1.807, 2.05) is 19.2 Å². The zero-order chi connectivity index (χ0) is 11.5. The van der Waals surface area contributed by atoms with E-state index in [2.05, 4.69) is 38.5 Å². The number of hydrogen-bond acceptors (Lipinski definition) is 4. The van der Waals surface area contributed by atoms with Crippen molar-refractivity contribution in [1.29, 1.82) is 0 Å². The average molecular weight is 301 g/mol. The molecule has 0 aliphatic carbocycles. The van der Waals surface area contributed by atoms with Crippen LogP contribution in [0.15, 0.2) is 26.6 Å². The number of nitrogens with zero attached hydrogens (tertiary/aromatic N) is 1. The van der Waals surface area contributed by atoms with Gasteiger partial charge in [0, 0.05) is 17.8 Å². The summed E-state index contributed by atoms with van der Waals surface area (Å²) in [4.78, 5) is 4.55. The number of halogens is 1. The van der Waals surface area contributed by atoms with Crippen molar-refractivity contribution in [2.24, 2.45) is 0 Å². The molecule has 0 radical (unpaired) electrons. The van der Waals surface area contributed by atoms with E-state index in [9.17, 15) is 0 Å².